The average molecular weight is 334 g/mol. The van der Waals surface area contributed by atoms with Crippen LogP contribution >= 0.6 is 0 Å². The zero-order valence-electron chi connectivity index (χ0n) is 14.1. The van der Waals surface area contributed by atoms with E-state index in [1.54, 1.807) is 12.3 Å². The van der Waals surface area contributed by atoms with Crippen molar-refractivity contribution in [3.8, 4) is 0 Å². The summed E-state index contributed by atoms with van der Waals surface area (Å²) in [5, 5.41) is 10.8. The molecular formula is C18H18N6O. The molecule has 7 heteroatoms. The molecule has 2 heterocycles. The lowest BCUT2D eigenvalue weighted by molar-refractivity contribution is 0.0952. The fourth-order valence-corrected chi connectivity index (χ4v) is 2.85. The van der Waals surface area contributed by atoms with Crippen molar-refractivity contribution < 1.29 is 4.79 Å². The second-order valence-corrected chi connectivity index (χ2v) is 6.22. The van der Waals surface area contributed by atoms with Crippen molar-refractivity contribution in [2.24, 2.45) is 0 Å². The van der Waals surface area contributed by atoms with E-state index < -0.39 is 0 Å². The Morgan fingerprint density at radius 1 is 1.12 bits per heavy atom. The number of likely N-dealkylation sites (N-methyl/N-ethyl adjacent to an activating group) is 1. The van der Waals surface area contributed by atoms with Crippen molar-refractivity contribution in [2.75, 3.05) is 27.2 Å². The summed E-state index contributed by atoms with van der Waals surface area (Å²) in [4.78, 5) is 24.0. The second-order valence-electron chi connectivity index (χ2n) is 6.22. The zero-order chi connectivity index (χ0) is 17.4. The van der Waals surface area contributed by atoms with Crippen LogP contribution in [0.3, 0.4) is 0 Å². The summed E-state index contributed by atoms with van der Waals surface area (Å²) in [6, 6.07) is 9.33. The normalized spacial score (nSPS) is 11.6. The van der Waals surface area contributed by atoms with E-state index in [4.69, 9.17) is 4.98 Å². The molecule has 0 saturated carbocycles. The molecule has 2 aromatic heterocycles. The third-order valence-electron chi connectivity index (χ3n) is 4.14. The van der Waals surface area contributed by atoms with Gasteiger partial charge in [-0.3, -0.25) is 9.89 Å². The van der Waals surface area contributed by atoms with E-state index in [0.29, 0.717) is 23.1 Å². The molecule has 2 N–H and O–H groups in total. The molecule has 4 aromatic rings. The fourth-order valence-electron chi connectivity index (χ4n) is 2.85. The smallest absolute Gasteiger partial charge is 0.253 e. The van der Waals surface area contributed by atoms with Crippen molar-refractivity contribution in [3.05, 3.63) is 42.1 Å². The number of carbonyl (C=O) groups excluding carboxylic acids is 1. The van der Waals surface area contributed by atoms with Crippen molar-refractivity contribution in [3.63, 3.8) is 0 Å². The minimum atomic E-state index is -0.138. The second kappa shape index (κ2) is 6.10. The molecule has 0 spiro atoms. The Labute approximate surface area is 144 Å². The van der Waals surface area contributed by atoms with Gasteiger partial charge >= 0.3 is 0 Å². The molecule has 7 nitrogen and oxygen atoms in total. The predicted molar refractivity (Wildman–Crippen MR) is 97.6 cm³/mol. The number of amides is 1. The van der Waals surface area contributed by atoms with Gasteiger partial charge in [-0.2, -0.15) is 5.10 Å². The van der Waals surface area contributed by atoms with E-state index in [-0.39, 0.29) is 5.91 Å². The highest BCUT2D eigenvalue weighted by molar-refractivity contribution is 6.09. The van der Waals surface area contributed by atoms with E-state index in [1.165, 1.54) is 0 Å². The summed E-state index contributed by atoms with van der Waals surface area (Å²) in [5.41, 5.74) is 4.26. The van der Waals surface area contributed by atoms with E-state index in [9.17, 15) is 4.79 Å². The lowest BCUT2D eigenvalue weighted by Crippen LogP contribution is -2.31. The molecule has 0 aliphatic carbocycles. The van der Waals surface area contributed by atoms with Gasteiger partial charge in [-0.25, -0.2) is 9.97 Å². The number of benzene rings is 2. The largest absolute Gasteiger partial charge is 0.351 e. The fraction of sp³-hybridized carbons (Fsp3) is 0.222. The number of para-hydroxylation sites is 1. The lowest BCUT2D eigenvalue weighted by Gasteiger charge is -2.11. The standard InChI is InChI=1S/C18H18N6O/c1-24(2)9-8-19-18(25)11-4-3-5-14-16(11)22-17-12-10-20-23-13(12)6-7-15(17)21-14/h3-7,10H,8-9H2,1-2H3,(H,19,25)(H,20,23). The van der Waals surface area contributed by atoms with Crippen molar-refractivity contribution in [1.29, 1.82) is 0 Å². The number of aromatic amines is 1. The van der Waals surface area contributed by atoms with Gasteiger partial charge in [-0.1, -0.05) is 6.07 Å². The molecular weight excluding hydrogens is 316 g/mol. The molecule has 0 aliphatic heterocycles. The number of rotatable bonds is 4. The Bertz CT molecular complexity index is 1080. The van der Waals surface area contributed by atoms with Gasteiger partial charge in [-0.15, -0.1) is 0 Å². The van der Waals surface area contributed by atoms with Crippen LogP contribution < -0.4 is 5.32 Å². The SMILES string of the molecule is CN(C)CCNC(=O)c1cccc2nc3ccc4[nH]ncc4c3nc12. The molecule has 0 saturated heterocycles. The highest BCUT2D eigenvalue weighted by Gasteiger charge is 2.14. The third kappa shape index (κ3) is 2.78. The summed E-state index contributed by atoms with van der Waals surface area (Å²) in [6.07, 6.45) is 1.73. The average Bonchev–Trinajstić information content (AvgIpc) is 3.08. The molecule has 0 radical (unpaired) electrons. The Morgan fingerprint density at radius 2 is 1.96 bits per heavy atom. The topological polar surface area (TPSA) is 86.8 Å². The van der Waals surface area contributed by atoms with E-state index >= 15 is 0 Å². The van der Waals surface area contributed by atoms with Gasteiger partial charge in [-0.05, 0) is 38.4 Å². The summed E-state index contributed by atoms with van der Waals surface area (Å²) in [7, 11) is 3.94. The maximum atomic E-state index is 12.6. The quantitative estimate of drug-likeness (QED) is 0.557. The van der Waals surface area contributed by atoms with Gasteiger partial charge < -0.3 is 10.2 Å². The number of nitrogens with one attached hydrogen (secondary N) is 2. The van der Waals surface area contributed by atoms with Crippen molar-refractivity contribution in [2.45, 2.75) is 0 Å². The molecule has 0 atom stereocenters. The van der Waals surface area contributed by atoms with Crippen LogP contribution in [-0.4, -0.2) is 58.2 Å². The first kappa shape index (κ1) is 15.5. The molecule has 0 aliphatic rings. The Hall–Kier alpha value is -3.06. The minimum Gasteiger partial charge on any atom is -0.351 e. The summed E-state index contributed by atoms with van der Waals surface area (Å²) >= 11 is 0. The highest BCUT2D eigenvalue weighted by Crippen LogP contribution is 2.24. The maximum absolute atomic E-state index is 12.6. The molecule has 2 aromatic carbocycles. The van der Waals surface area contributed by atoms with Gasteiger partial charge in [0.05, 0.1) is 28.3 Å². The first-order chi connectivity index (χ1) is 12.1. The van der Waals surface area contributed by atoms with Gasteiger partial charge in [0.25, 0.3) is 5.91 Å². The number of fused-ring (bicyclic) bond motifs is 4. The van der Waals surface area contributed by atoms with E-state index in [1.807, 2.05) is 43.3 Å². The molecule has 1 amide bonds. The zero-order valence-corrected chi connectivity index (χ0v) is 14.1. The van der Waals surface area contributed by atoms with E-state index in [2.05, 4.69) is 20.5 Å². The van der Waals surface area contributed by atoms with Gasteiger partial charge in [0.15, 0.2) is 0 Å². The van der Waals surface area contributed by atoms with Gasteiger partial charge in [0.1, 0.15) is 11.0 Å². The first-order valence-electron chi connectivity index (χ1n) is 8.09. The van der Waals surface area contributed by atoms with Crippen LogP contribution in [0.4, 0.5) is 0 Å². The van der Waals surface area contributed by atoms with Crippen LogP contribution in [0.1, 0.15) is 10.4 Å². The molecule has 4 rings (SSSR count). The Balaban J connectivity index is 1.83. The monoisotopic (exact) mass is 334 g/mol. The summed E-state index contributed by atoms with van der Waals surface area (Å²) < 4.78 is 0. The number of hydrogen-bond acceptors (Lipinski definition) is 5. The van der Waals surface area contributed by atoms with Crippen molar-refractivity contribution >= 4 is 38.9 Å². The summed E-state index contributed by atoms with van der Waals surface area (Å²) in [5.74, 6) is -0.138. The van der Waals surface area contributed by atoms with Crippen LogP contribution in [0.2, 0.25) is 0 Å². The lowest BCUT2D eigenvalue weighted by atomic mass is 10.1. The molecule has 126 valence electrons. The van der Waals surface area contributed by atoms with Crippen LogP contribution in [0.25, 0.3) is 33.0 Å². The van der Waals surface area contributed by atoms with Crippen LogP contribution in [-0.2, 0) is 0 Å². The Kier molecular flexibility index (Phi) is 3.77. The third-order valence-corrected chi connectivity index (χ3v) is 4.14. The minimum absolute atomic E-state index is 0.138. The Morgan fingerprint density at radius 3 is 2.80 bits per heavy atom. The maximum Gasteiger partial charge on any atom is 0.253 e. The van der Waals surface area contributed by atoms with Crippen LogP contribution in [0.15, 0.2) is 36.5 Å². The van der Waals surface area contributed by atoms with Gasteiger partial charge in [0.2, 0.25) is 0 Å². The number of nitrogens with zero attached hydrogens (tertiary/aromatic N) is 4. The van der Waals surface area contributed by atoms with Crippen LogP contribution in [0, 0.1) is 0 Å². The molecule has 25 heavy (non-hydrogen) atoms. The van der Waals surface area contributed by atoms with Crippen molar-refractivity contribution in [1.82, 2.24) is 30.4 Å². The first-order valence-corrected chi connectivity index (χ1v) is 8.09. The van der Waals surface area contributed by atoms with Gasteiger partial charge in [0, 0.05) is 18.5 Å². The van der Waals surface area contributed by atoms with Crippen LogP contribution in [0.5, 0.6) is 0 Å². The number of H-pyrrole nitrogens is 1. The molecule has 0 unspecified atom stereocenters. The number of hydrogen-bond donors (Lipinski definition) is 2. The predicted octanol–water partition coefficient (Wildman–Crippen LogP) is 1.95. The van der Waals surface area contributed by atoms with E-state index in [0.717, 1.165) is 28.5 Å². The summed E-state index contributed by atoms with van der Waals surface area (Å²) in [6.45, 7) is 1.36. The molecule has 0 fully saturated rings. The number of aromatic nitrogens is 4. The molecule has 0 bridgehead atoms. The highest BCUT2D eigenvalue weighted by atomic mass is 16.1. The number of carbonyl (C=O) groups is 1.